The van der Waals surface area contributed by atoms with Gasteiger partial charge in [-0.2, -0.15) is 0 Å². The van der Waals surface area contributed by atoms with Crippen LogP contribution in [-0.2, 0) is 26.2 Å². The van der Waals surface area contributed by atoms with E-state index in [9.17, 15) is 18.0 Å². The van der Waals surface area contributed by atoms with Gasteiger partial charge in [-0.25, -0.2) is 8.42 Å². The van der Waals surface area contributed by atoms with Crippen LogP contribution in [-0.4, -0.2) is 50.5 Å². The molecule has 180 valence electrons. The van der Waals surface area contributed by atoms with Crippen molar-refractivity contribution in [2.75, 3.05) is 23.7 Å². The Hall–Kier alpha value is -2.58. The number of halogens is 1. The van der Waals surface area contributed by atoms with Crippen LogP contribution in [0.3, 0.4) is 0 Å². The molecule has 0 aliphatic rings. The molecule has 0 saturated heterocycles. The highest BCUT2D eigenvalue weighted by Gasteiger charge is 2.31. The van der Waals surface area contributed by atoms with Crippen LogP contribution < -0.4 is 9.62 Å². The number of nitrogens with zero attached hydrogens (tertiary/aromatic N) is 2. The van der Waals surface area contributed by atoms with E-state index < -0.39 is 28.5 Å². The number of hydrogen-bond acceptors (Lipinski definition) is 4. The van der Waals surface area contributed by atoms with Crippen LogP contribution in [0.1, 0.15) is 37.8 Å². The number of aryl methyl sites for hydroxylation is 1. The molecule has 7 nitrogen and oxygen atoms in total. The lowest BCUT2D eigenvalue weighted by atomic mass is 10.1. The molecule has 1 atom stereocenters. The minimum atomic E-state index is -3.76. The maximum atomic E-state index is 13.5. The highest BCUT2D eigenvalue weighted by molar-refractivity contribution is 7.92. The molecule has 1 unspecified atom stereocenters. The fourth-order valence-electron chi connectivity index (χ4n) is 3.40. The van der Waals surface area contributed by atoms with Crippen LogP contribution in [0.15, 0.2) is 48.5 Å². The molecule has 0 bridgehead atoms. The number of carbonyl (C=O) groups is 2. The summed E-state index contributed by atoms with van der Waals surface area (Å²) in [6, 6.07) is 13.2. The summed E-state index contributed by atoms with van der Waals surface area (Å²) < 4.78 is 26.1. The molecule has 0 heterocycles. The summed E-state index contributed by atoms with van der Waals surface area (Å²) in [6.45, 7) is 6.02. The van der Waals surface area contributed by atoms with E-state index in [4.69, 9.17) is 11.6 Å². The monoisotopic (exact) mass is 493 g/mol. The lowest BCUT2D eigenvalue weighted by molar-refractivity contribution is -0.140. The third kappa shape index (κ3) is 7.75. The van der Waals surface area contributed by atoms with Crippen LogP contribution in [0.25, 0.3) is 0 Å². The first kappa shape index (κ1) is 26.7. The topological polar surface area (TPSA) is 86.8 Å². The van der Waals surface area contributed by atoms with E-state index in [2.05, 4.69) is 5.32 Å². The van der Waals surface area contributed by atoms with Gasteiger partial charge in [0, 0.05) is 18.1 Å². The first-order valence-corrected chi connectivity index (χ1v) is 13.2. The fraction of sp³-hybridized carbons (Fsp3) is 0.417. The molecule has 2 rings (SSSR count). The molecule has 1 N–H and O–H groups in total. The van der Waals surface area contributed by atoms with Gasteiger partial charge in [-0.05, 0) is 49.6 Å². The summed E-state index contributed by atoms with van der Waals surface area (Å²) in [4.78, 5) is 27.8. The smallest absolute Gasteiger partial charge is 0.244 e. The lowest BCUT2D eigenvalue weighted by Crippen LogP contribution is -2.52. The second-order valence-electron chi connectivity index (χ2n) is 7.97. The Morgan fingerprint density at radius 3 is 2.15 bits per heavy atom. The zero-order chi connectivity index (χ0) is 24.6. The van der Waals surface area contributed by atoms with Crippen molar-refractivity contribution in [3.63, 3.8) is 0 Å². The predicted octanol–water partition coefficient (Wildman–Crippen LogP) is 3.75. The van der Waals surface area contributed by atoms with Crippen molar-refractivity contribution in [2.24, 2.45) is 0 Å². The normalized spacial score (nSPS) is 12.2. The molecule has 2 aromatic rings. The van der Waals surface area contributed by atoms with Crippen LogP contribution in [0.5, 0.6) is 0 Å². The first-order chi connectivity index (χ1) is 15.6. The highest BCUT2D eigenvalue weighted by atomic mass is 35.5. The molecule has 33 heavy (non-hydrogen) atoms. The quantitative estimate of drug-likeness (QED) is 0.516. The molecule has 0 aromatic heterocycles. The van der Waals surface area contributed by atoms with Gasteiger partial charge in [-0.3, -0.25) is 13.9 Å². The highest BCUT2D eigenvalue weighted by Crippen LogP contribution is 2.22. The van der Waals surface area contributed by atoms with Crippen LogP contribution in [0, 0.1) is 6.92 Å². The number of sulfonamides is 1. The van der Waals surface area contributed by atoms with Gasteiger partial charge in [0.15, 0.2) is 0 Å². The second-order valence-corrected chi connectivity index (χ2v) is 10.3. The second kappa shape index (κ2) is 12.0. The molecular formula is C24H32ClN3O4S. The zero-order valence-corrected chi connectivity index (χ0v) is 21.1. The standard InChI is InChI=1S/C24H32ClN3O4S/c1-5-15-26-24(30)22(6-2)27(16-19-9-7-18(3)8-10-19)23(29)17-28(33(4,31)32)21-13-11-20(25)12-14-21/h7-14,22H,5-6,15-17H2,1-4H3,(H,26,30). The van der Waals surface area contributed by atoms with Crippen molar-refractivity contribution in [2.45, 2.75) is 46.2 Å². The van der Waals surface area contributed by atoms with E-state index in [0.717, 1.165) is 28.1 Å². The first-order valence-electron chi connectivity index (χ1n) is 10.9. The SMILES string of the molecule is CCCNC(=O)C(CC)N(Cc1ccc(C)cc1)C(=O)CN(c1ccc(Cl)cc1)S(C)(=O)=O. The predicted molar refractivity (Wildman–Crippen MR) is 133 cm³/mol. The number of amides is 2. The van der Waals surface area contributed by atoms with Gasteiger partial charge >= 0.3 is 0 Å². The average Bonchev–Trinajstić information content (AvgIpc) is 2.77. The van der Waals surface area contributed by atoms with Gasteiger partial charge in [-0.15, -0.1) is 0 Å². The number of anilines is 1. The Morgan fingerprint density at radius 1 is 1.03 bits per heavy atom. The minimum Gasteiger partial charge on any atom is -0.354 e. The Bertz CT molecular complexity index is 1040. The van der Waals surface area contributed by atoms with E-state index in [-0.39, 0.29) is 12.5 Å². The molecule has 0 radical (unpaired) electrons. The van der Waals surface area contributed by atoms with E-state index in [0.29, 0.717) is 23.7 Å². The third-order valence-electron chi connectivity index (χ3n) is 5.20. The molecule has 0 fully saturated rings. The molecule has 0 aliphatic heterocycles. The molecule has 0 spiro atoms. The lowest BCUT2D eigenvalue weighted by Gasteiger charge is -2.33. The molecule has 2 aromatic carbocycles. The van der Waals surface area contributed by atoms with E-state index >= 15 is 0 Å². The van der Waals surface area contributed by atoms with Crippen LogP contribution in [0.2, 0.25) is 5.02 Å². The van der Waals surface area contributed by atoms with Gasteiger partial charge in [0.1, 0.15) is 12.6 Å². The Balaban J connectivity index is 2.39. The number of hydrogen-bond donors (Lipinski definition) is 1. The molecular weight excluding hydrogens is 462 g/mol. The average molecular weight is 494 g/mol. The Labute approximate surface area is 201 Å². The molecule has 9 heteroatoms. The van der Waals surface area contributed by atoms with Crippen molar-refractivity contribution in [1.82, 2.24) is 10.2 Å². The van der Waals surface area contributed by atoms with Crippen molar-refractivity contribution >= 4 is 39.1 Å². The van der Waals surface area contributed by atoms with Crippen molar-refractivity contribution < 1.29 is 18.0 Å². The zero-order valence-electron chi connectivity index (χ0n) is 19.5. The number of benzene rings is 2. The summed E-state index contributed by atoms with van der Waals surface area (Å²) in [5, 5.41) is 3.31. The minimum absolute atomic E-state index is 0.190. The Morgan fingerprint density at radius 2 is 1.64 bits per heavy atom. The maximum Gasteiger partial charge on any atom is 0.244 e. The fourth-order valence-corrected chi connectivity index (χ4v) is 4.37. The largest absolute Gasteiger partial charge is 0.354 e. The van der Waals surface area contributed by atoms with E-state index in [1.807, 2.05) is 45.0 Å². The van der Waals surface area contributed by atoms with Gasteiger partial charge in [-0.1, -0.05) is 55.3 Å². The van der Waals surface area contributed by atoms with E-state index in [1.165, 1.54) is 4.90 Å². The molecule has 0 aliphatic carbocycles. The summed E-state index contributed by atoms with van der Waals surface area (Å²) >= 11 is 5.94. The van der Waals surface area contributed by atoms with Gasteiger partial charge in [0.05, 0.1) is 11.9 Å². The van der Waals surface area contributed by atoms with E-state index in [1.54, 1.807) is 24.3 Å². The number of nitrogens with one attached hydrogen (secondary N) is 1. The van der Waals surface area contributed by atoms with Crippen molar-refractivity contribution in [3.8, 4) is 0 Å². The van der Waals surface area contributed by atoms with Crippen molar-refractivity contribution in [1.29, 1.82) is 0 Å². The third-order valence-corrected chi connectivity index (χ3v) is 6.60. The maximum absolute atomic E-state index is 13.5. The van der Waals surface area contributed by atoms with Gasteiger partial charge < -0.3 is 10.2 Å². The van der Waals surface area contributed by atoms with Crippen LogP contribution >= 0.6 is 11.6 Å². The van der Waals surface area contributed by atoms with Crippen molar-refractivity contribution in [3.05, 3.63) is 64.7 Å². The number of carbonyl (C=O) groups excluding carboxylic acids is 2. The summed E-state index contributed by atoms with van der Waals surface area (Å²) in [6.07, 6.45) is 2.21. The summed E-state index contributed by atoms with van der Waals surface area (Å²) in [5.41, 5.74) is 2.26. The number of rotatable bonds is 11. The summed E-state index contributed by atoms with van der Waals surface area (Å²) in [5.74, 6) is -0.716. The van der Waals surface area contributed by atoms with Crippen LogP contribution in [0.4, 0.5) is 5.69 Å². The Kier molecular flexibility index (Phi) is 9.73. The van der Waals surface area contributed by atoms with Gasteiger partial charge in [0.2, 0.25) is 21.8 Å². The van der Waals surface area contributed by atoms with Gasteiger partial charge in [0.25, 0.3) is 0 Å². The molecule has 2 amide bonds. The molecule has 0 saturated carbocycles. The summed E-state index contributed by atoms with van der Waals surface area (Å²) in [7, 11) is -3.76.